The second kappa shape index (κ2) is 6.38. The molecule has 0 heterocycles. The summed E-state index contributed by atoms with van der Waals surface area (Å²) in [6.45, 7) is 6.62. The molecule has 2 heteroatoms. The van der Waals surface area contributed by atoms with Crippen LogP contribution in [0, 0.1) is 0 Å². The van der Waals surface area contributed by atoms with Gasteiger partial charge in [0, 0.05) is 5.56 Å². The van der Waals surface area contributed by atoms with Crippen molar-refractivity contribution >= 4 is 0 Å². The number of ether oxygens (including phenoxy) is 2. The first kappa shape index (κ1) is 15.7. The maximum absolute atomic E-state index is 5.73. The lowest BCUT2D eigenvalue weighted by atomic mass is 9.84. The topological polar surface area (TPSA) is 18.5 Å². The molecule has 114 valence electrons. The summed E-state index contributed by atoms with van der Waals surface area (Å²) in [6, 6.07) is 4.20. The van der Waals surface area contributed by atoms with E-state index in [1.807, 2.05) is 0 Å². The Bertz CT molecular complexity index is 560. The van der Waals surface area contributed by atoms with Crippen LogP contribution in [0.3, 0.4) is 0 Å². The Morgan fingerprint density at radius 1 is 1.05 bits per heavy atom. The van der Waals surface area contributed by atoms with Crippen molar-refractivity contribution in [1.82, 2.24) is 0 Å². The van der Waals surface area contributed by atoms with Crippen LogP contribution in [0.4, 0.5) is 0 Å². The molecule has 2 nitrogen and oxygen atoms in total. The molecule has 1 aliphatic carbocycles. The van der Waals surface area contributed by atoms with Crippen molar-refractivity contribution in [3.05, 3.63) is 47.1 Å². The van der Waals surface area contributed by atoms with E-state index in [0.717, 1.165) is 30.8 Å². The molecular weight excluding hydrogens is 260 g/mol. The van der Waals surface area contributed by atoms with Crippen LogP contribution in [0.2, 0.25) is 0 Å². The molecule has 0 atom stereocenters. The lowest BCUT2D eigenvalue weighted by Gasteiger charge is -2.25. The minimum Gasteiger partial charge on any atom is -0.497 e. The normalized spacial score (nSPS) is 14.2. The Morgan fingerprint density at radius 3 is 2.33 bits per heavy atom. The third kappa shape index (κ3) is 3.69. The summed E-state index contributed by atoms with van der Waals surface area (Å²) in [7, 11) is 3.48. The summed E-state index contributed by atoms with van der Waals surface area (Å²) in [5.41, 5.74) is 3.95. The standard InChI is InChI=1S/C19H26O2/c1-19(2,3)17-13-16(20-4)12-15(18(17)21-5)11-10-14-8-6-7-9-14/h6-8,12-13H,9-11H2,1-5H3. The van der Waals surface area contributed by atoms with Crippen molar-refractivity contribution in [2.75, 3.05) is 14.2 Å². The van der Waals surface area contributed by atoms with Gasteiger partial charge in [-0.15, -0.1) is 0 Å². The lowest BCUT2D eigenvalue weighted by molar-refractivity contribution is 0.383. The monoisotopic (exact) mass is 286 g/mol. The largest absolute Gasteiger partial charge is 0.497 e. The van der Waals surface area contributed by atoms with Gasteiger partial charge >= 0.3 is 0 Å². The molecule has 0 saturated heterocycles. The van der Waals surface area contributed by atoms with Crippen LogP contribution >= 0.6 is 0 Å². The summed E-state index contributed by atoms with van der Waals surface area (Å²) in [5.74, 6) is 1.92. The molecule has 1 aromatic carbocycles. The zero-order chi connectivity index (χ0) is 15.5. The van der Waals surface area contributed by atoms with Crippen LogP contribution in [0.5, 0.6) is 11.5 Å². The molecule has 0 spiro atoms. The van der Waals surface area contributed by atoms with Gasteiger partial charge in [-0.25, -0.2) is 0 Å². The first-order valence-corrected chi connectivity index (χ1v) is 7.55. The van der Waals surface area contributed by atoms with E-state index in [9.17, 15) is 0 Å². The zero-order valence-electron chi connectivity index (χ0n) is 13.8. The summed E-state index contributed by atoms with van der Waals surface area (Å²) in [4.78, 5) is 0. The number of methoxy groups -OCH3 is 2. The fraction of sp³-hybridized carbons (Fsp3) is 0.474. The first-order valence-electron chi connectivity index (χ1n) is 7.55. The average molecular weight is 286 g/mol. The van der Waals surface area contributed by atoms with Gasteiger partial charge in [-0.2, -0.15) is 0 Å². The van der Waals surface area contributed by atoms with Crippen LogP contribution in [0.25, 0.3) is 0 Å². The van der Waals surface area contributed by atoms with E-state index in [2.05, 4.69) is 51.1 Å². The van der Waals surface area contributed by atoms with Gasteiger partial charge in [-0.05, 0) is 42.4 Å². The Morgan fingerprint density at radius 2 is 1.81 bits per heavy atom. The average Bonchev–Trinajstić information content (AvgIpc) is 2.96. The molecule has 0 saturated carbocycles. The zero-order valence-corrected chi connectivity index (χ0v) is 13.8. The van der Waals surface area contributed by atoms with Crippen LogP contribution in [0.15, 0.2) is 35.9 Å². The molecule has 0 aliphatic heterocycles. The molecule has 21 heavy (non-hydrogen) atoms. The van der Waals surface area contributed by atoms with Crippen molar-refractivity contribution in [3.63, 3.8) is 0 Å². The van der Waals surface area contributed by atoms with Crippen LogP contribution in [0.1, 0.15) is 44.7 Å². The van der Waals surface area contributed by atoms with Gasteiger partial charge in [0.1, 0.15) is 11.5 Å². The van der Waals surface area contributed by atoms with Gasteiger partial charge in [0.15, 0.2) is 0 Å². The minimum absolute atomic E-state index is 0.0306. The highest BCUT2D eigenvalue weighted by Gasteiger charge is 2.22. The number of rotatable bonds is 5. The molecule has 0 bridgehead atoms. The molecular formula is C19H26O2. The van der Waals surface area contributed by atoms with Crippen LogP contribution in [-0.4, -0.2) is 14.2 Å². The van der Waals surface area contributed by atoms with Crippen molar-refractivity contribution in [1.29, 1.82) is 0 Å². The van der Waals surface area contributed by atoms with Crippen molar-refractivity contribution in [3.8, 4) is 11.5 Å². The second-order valence-electron chi connectivity index (χ2n) is 6.57. The highest BCUT2D eigenvalue weighted by atomic mass is 16.5. The third-order valence-corrected chi connectivity index (χ3v) is 3.95. The van der Waals surface area contributed by atoms with Gasteiger partial charge in [0.25, 0.3) is 0 Å². The fourth-order valence-electron chi connectivity index (χ4n) is 2.73. The van der Waals surface area contributed by atoms with Gasteiger partial charge in [0.05, 0.1) is 14.2 Å². The summed E-state index contributed by atoms with van der Waals surface area (Å²) in [5, 5.41) is 0. The Hall–Kier alpha value is -1.70. The number of hydrogen-bond donors (Lipinski definition) is 0. The molecule has 0 amide bonds. The second-order valence-corrected chi connectivity index (χ2v) is 6.57. The number of allylic oxidation sites excluding steroid dienone is 4. The Kier molecular flexibility index (Phi) is 4.76. The number of hydrogen-bond acceptors (Lipinski definition) is 2. The lowest BCUT2D eigenvalue weighted by Crippen LogP contribution is -2.14. The quantitative estimate of drug-likeness (QED) is 0.772. The van der Waals surface area contributed by atoms with Crippen LogP contribution in [-0.2, 0) is 11.8 Å². The molecule has 0 radical (unpaired) electrons. The maximum atomic E-state index is 5.73. The van der Waals surface area contributed by atoms with Gasteiger partial charge in [-0.3, -0.25) is 0 Å². The first-order chi connectivity index (χ1) is 9.95. The van der Waals surface area contributed by atoms with E-state index in [1.54, 1.807) is 14.2 Å². The summed E-state index contributed by atoms with van der Waals surface area (Å²) >= 11 is 0. The smallest absolute Gasteiger partial charge is 0.126 e. The van der Waals surface area contributed by atoms with Crippen molar-refractivity contribution < 1.29 is 9.47 Å². The highest BCUT2D eigenvalue weighted by Crippen LogP contribution is 2.38. The molecule has 0 fully saturated rings. The molecule has 0 aromatic heterocycles. The van der Waals surface area contributed by atoms with Crippen molar-refractivity contribution in [2.45, 2.75) is 45.4 Å². The predicted octanol–water partition coefficient (Wildman–Crippen LogP) is 4.82. The summed E-state index contributed by atoms with van der Waals surface area (Å²) in [6.07, 6.45) is 9.70. The maximum Gasteiger partial charge on any atom is 0.126 e. The van der Waals surface area contributed by atoms with E-state index in [0.29, 0.717) is 0 Å². The fourth-order valence-corrected chi connectivity index (χ4v) is 2.73. The highest BCUT2D eigenvalue weighted by molar-refractivity contribution is 5.50. The van der Waals surface area contributed by atoms with Gasteiger partial charge in [0.2, 0.25) is 0 Å². The van der Waals surface area contributed by atoms with E-state index in [-0.39, 0.29) is 5.41 Å². The SMILES string of the molecule is COc1cc(CCC2=CC=CC2)c(OC)c(C(C)(C)C)c1. The Labute approximate surface area is 128 Å². The molecule has 1 aliphatic rings. The third-order valence-electron chi connectivity index (χ3n) is 3.95. The number of benzene rings is 1. The van der Waals surface area contributed by atoms with Gasteiger partial charge in [-0.1, -0.05) is 44.6 Å². The Balaban J connectivity index is 2.33. The molecule has 2 rings (SSSR count). The van der Waals surface area contributed by atoms with E-state index < -0.39 is 0 Å². The number of aryl methyl sites for hydroxylation is 1. The molecule has 1 aromatic rings. The van der Waals surface area contributed by atoms with Crippen molar-refractivity contribution in [2.24, 2.45) is 0 Å². The van der Waals surface area contributed by atoms with E-state index >= 15 is 0 Å². The van der Waals surface area contributed by atoms with E-state index in [4.69, 9.17) is 9.47 Å². The molecule has 0 N–H and O–H groups in total. The summed E-state index contributed by atoms with van der Waals surface area (Å²) < 4.78 is 11.2. The van der Waals surface area contributed by atoms with Crippen LogP contribution < -0.4 is 9.47 Å². The van der Waals surface area contributed by atoms with E-state index in [1.165, 1.54) is 16.7 Å². The molecule has 0 unspecified atom stereocenters. The predicted molar refractivity (Wildman–Crippen MR) is 88.4 cm³/mol. The van der Waals surface area contributed by atoms with Gasteiger partial charge < -0.3 is 9.47 Å². The minimum atomic E-state index is 0.0306.